The van der Waals surface area contributed by atoms with Crippen LogP contribution in [-0.2, 0) is 11.2 Å². The summed E-state index contributed by atoms with van der Waals surface area (Å²) in [5, 5.41) is 11.6. The second-order valence-corrected chi connectivity index (χ2v) is 3.63. The molecule has 5 nitrogen and oxygen atoms in total. The zero-order valence-electron chi connectivity index (χ0n) is 9.10. The average Bonchev–Trinajstić information content (AvgIpc) is 2.25. The number of carbonyl (C=O) groups is 1. The molecule has 0 amide bonds. The van der Waals surface area contributed by atoms with Crippen LogP contribution in [0.5, 0.6) is 0 Å². The number of aliphatic carboxylic acids is 1. The van der Waals surface area contributed by atoms with E-state index < -0.39 is 5.97 Å². The zero-order valence-corrected chi connectivity index (χ0v) is 9.10. The van der Waals surface area contributed by atoms with Crippen LogP contribution in [0.2, 0.25) is 0 Å². The molecule has 0 spiro atoms. The molecule has 1 heterocycles. The molecule has 1 unspecified atom stereocenters. The average molecular weight is 223 g/mol. The highest BCUT2D eigenvalue weighted by Crippen LogP contribution is 1.93. The molecule has 0 aliphatic carbocycles. The van der Waals surface area contributed by atoms with Crippen molar-refractivity contribution in [1.29, 1.82) is 0 Å². The van der Waals surface area contributed by atoms with Gasteiger partial charge < -0.3 is 16.2 Å². The first kappa shape index (κ1) is 12.6. The van der Waals surface area contributed by atoms with Crippen molar-refractivity contribution in [2.75, 3.05) is 13.1 Å². The summed E-state index contributed by atoms with van der Waals surface area (Å²) in [5.41, 5.74) is 6.61. The fourth-order valence-electron chi connectivity index (χ4n) is 1.35. The standard InChI is InChI=1S/C11H17N3O2/c12-9(7-11(15)16)8-13-6-4-10-3-1-2-5-14-10/h1-3,5,9,13H,4,6-8,12H2,(H,15,16). The molecule has 88 valence electrons. The minimum Gasteiger partial charge on any atom is -0.481 e. The van der Waals surface area contributed by atoms with Gasteiger partial charge in [0.1, 0.15) is 0 Å². The van der Waals surface area contributed by atoms with Crippen molar-refractivity contribution in [3.8, 4) is 0 Å². The number of nitrogens with zero attached hydrogens (tertiary/aromatic N) is 1. The predicted molar refractivity (Wildman–Crippen MR) is 61.0 cm³/mol. The predicted octanol–water partition coefficient (Wildman–Crippen LogP) is 0.0157. The Kier molecular flexibility index (Phi) is 5.45. The van der Waals surface area contributed by atoms with Crippen LogP contribution in [0.25, 0.3) is 0 Å². The Balaban J connectivity index is 2.10. The van der Waals surface area contributed by atoms with Gasteiger partial charge in [0, 0.05) is 37.4 Å². The Morgan fingerprint density at radius 2 is 2.38 bits per heavy atom. The molecule has 0 fully saturated rings. The van der Waals surface area contributed by atoms with Gasteiger partial charge in [-0.3, -0.25) is 9.78 Å². The van der Waals surface area contributed by atoms with E-state index in [0.29, 0.717) is 6.54 Å². The number of nitrogens with two attached hydrogens (primary N) is 1. The fraction of sp³-hybridized carbons (Fsp3) is 0.455. The van der Waals surface area contributed by atoms with E-state index in [2.05, 4.69) is 10.3 Å². The Morgan fingerprint density at radius 1 is 1.56 bits per heavy atom. The number of pyridine rings is 1. The van der Waals surface area contributed by atoms with Crippen LogP contribution in [0.15, 0.2) is 24.4 Å². The number of nitrogens with one attached hydrogen (secondary N) is 1. The molecule has 5 heteroatoms. The molecule has 1 rings (SSSR count). The fourth-order valence-corrected chi connectivity index (χ4v) is 1.35. The molecule has 0 saturated heterocycles. The molecule has 4 N–H and O–H groups in total. The molecule has 1 aromatic rings. The van der Waals surface area contributed by atoms with Crippen LogP contribution < -0.4 is 11.1 Å². The van der Waals surface area contributed by atoms with Gasteiger partial charge in [-0.15, -0.1) is 0 Å². The molecule has 0 aliphatic rings. The Bertz CT molecular complexity index is 316. The SMILES string of the molecule is NC(CNCCc1ccccn1)CC(=O)O. The minimum atomic E-state index is -0.862. The summed E-state index contributed by atoms with van der Waals surface area (Å²) in [6.45, 7) is 1.27. The largest absolute Gasteiger partial charge is 0.481 e. The van der Waals surface area contributed by atoms with E-state index in [0.717, 1.165) is 18.7 Å². The molecule has 0 radical (unpaired) electrons. The van der Waals surface area contributed by atoms with E-state index >= 15 is 0 Å². The lowest BCUT2D eigenvalue weighted by molar-refractivity contribution is -0.137. The number of hydrogen-bond acceptors (Lipinski definition) is 4. The number of hydrogen-bond donors (Lipinski definition) is 3. The molecular weight excluding hydrogens is 206 g/mol. The second kappa shape index (κ2) is 6.92. The smallest absolute Gasteiger partial charge is 0.304 e. The third kappa shape index (κ3) is 5.43. The third-order valence-corrected chi connectivity index (χ3v) is 2.13. The molecule has 1 aromatic heterocycles. The van der Waals surface area contributed by atoms with Crippen molar-refractivity contribution >= 4 is 5.97 Å². The summed E-state index contributed by atoms with van der Waals surface area (Å²) in [6.07, 6.45) is 2.57. The van der Waals surface area contributed by atoms with Crippen molar-refractivity contribution in [2.24, 2.45) is 5.73 Å². The molecule has 0 bridgehead atoms. The maximum absolute atomic E-state index is 10.3. The summed E-state index contributed by atoms with van der Waals surface area (Å²) >= 11 is 0. The molecule has 0 aromatic carbocycles. The van der Waals surface area contributed by atoms with Crippen LogP contribution in [0, 0.1) is 0 Å². The van der Waals surface area contributed by atoms with E-state index in [4.69, 9.17) is 10.8 Å². The summed E-state index contributed by atoms with van der Waals surface area (Å²) in [6, 6.07) is 5.44. The van der Waals surface area contributed by atoms with Gasteiger partial charge in [0.05, 0.1) is 6.42 Å². The zero-order chi connectivity index (χ0) is 11.8. The van der Waals surface area contributed by atoms with E-state index in [1.54, 1.807) is 6.20 Å². The maximum Gasteiger partial charge on any atom is 0.304 e. The van der Waals surface area contributed by atoms with E-state index in [9.17, 15) is 4.79 Å². The molecule has 16 heavy (non-hydrogen) atoms. The Morgan fingerprint density at radius 3 is 3.00 bits per heavy atom. The molecule has 1 atom stereocenters. The quantitative estimate of drug-likeness (QED) is 0.567. The van der Waals surface area contributed by atoms with Gasteiger partial charge in [0.25, 0.3) is 0 Å². The van der Waals surface area contributed by atoms with Crippen LogP contribution in [0.3, 0.4) is 0 Å². The highest BCUT2D eigenvalue weighted by molar-refractivity contribution is 5.67. The van der Waals surface area contributed by atoms with Gasteiger partial charge >= 0.3 is 5.97 Å². The van der Waals surface area contributed by atoms with Crippen LogP contribution in [-0.4, -0.2) is 35.2 Å². The highest BCUT2D eigenvalue weighted by Gasteiger charge is 2.06. The number of rotatable bonds is 7. The number of carboxylic acids is 1. The summed E-state index contributed by atoms with van der Waals surface area (Å²) in [7, 11) is 0. The maximum atomic E-state index is 10.3. The summed E-state index contributed by atoms with van der Waals surface area (Å²) < 4.78 is 0. The lowest BCUT2D eigenvalue weighted by Crippen LogP contribution is -2.36. The van der Waals surface area contributed by atoms with Gasteiger partial charge in [-0.1, -0.05) is 6.07 Å². The third-order valence-electron chi connectivity index (χ3n) is 2.13. The van der Waals surface area contributed by atoms with E-state index in [-0.39, 0.29) is 12.5 Å². The van der Waals surface area contributed by atoms with Crippen molar-refractivity contribution in [3.05, 3.63) is 30.1 Å². The lowest BCUT2D eigenvalue weighted by atomic mass is 10.2. The Labute approximate surface area is 94.7 Å². The second-order valence-electron chi connectivity index (χ2n) is 3.63. The van der Waals surface area contributed by atoms with Crippen molar-refractivity contribution in [2.45, 2.75) is 18.9 Å². The monoisotopic (exact) mass is 223 g/mol. The topological polar surface area (TPSA) is 88.2 Å². The van der Waals surface area contributed by atoms with Crippen LogP contribution >= 0.6 is 0 Å². The number of aromatic nitrogens is 1. The van der Waals surface area contributed by atoms with Crippen molar-refractivity contribution < 1.29 is 9.90 Å². The van der Waals surface area contributed by atoms with E-state index in [1.807, 2.05) is 18.2 Å². The molecule has 0 aliphatic heterocycles. The van der Waals surface area contributed by atoms with Gasteiger partial charge in [-0.05, 0) is 12.1 Å². The summed E-state index contributed by atoms with van der Waals surface area (Å²) in [5.74, 6) is -0.862. The van der Waals surface area contributed by atoms with Crippen molar-refractivity contribution in [3.63, 3.8) is 0 Å². The van der Waals surface area contributed by atoms with E-state index in [1.165, 1.54) is 0 Å². The minimum absolute atomic E-state index is 0.00339. The van der Waals surface area contributed by atoms with Gasteiger partial charge in [0.15, 0.2) is 0 Å². The first-order valence-corrected chi connectivity index (χ1v) is 5.26. The van der Waals surface area contributed by atoms with Gasteiger partial charge in [-0.2, -0.15) is 0 Å². The van der Waals surface area contributed by atoms with Crippen LogP contribution in [0.4, 0.5) is 0 Å². The number of carboxylic acid groups (broad SMARTS) is 1. The lowest BCUT2D eigenvalue weighted by Gasteiger charge is -2.09. The molecular formula is C11H17N3O2. The Hall–Kier alpha value is -1.46. The highest BCUT2D eigenvalue weighted by atomic mass is 16.4. The first-order chi connectivity index (χ1) is 7.68. The van der Waals surface area contributed by atoms with Crippen molar-refractivity contribution in [1.82, 2.24) is 10.3 Å². The molecule has 0 saturated carbocycles. The van der Waals surface area contributed by atoms with Gasteiger partial charge in [0.2, 0.25) is 0 Å². The van der Waals surface area contributed by atoms with Crippen LogP contribution in [0.1, 0.15) is 12.1 Å². The first-order valence-electron chi connectivity index (χ1n) is 5.26. The normalized spacial score (nSPS) is 12.3. The van der Waals surface area contributed by atoms with Gasteiger partial charge in [-0.25, -0.2) is 0 Å². The summed E-state index contributed by atoms with van der Waals surface area (Å²) in [4.78, 5) is 14.5.